The molecule has 0 spiro atoms. The van der Waals surface area contributed by atoms with Crippen molar-refractivity contribution < 1.29 is 4.79 Å². The summed E-state index contributed by atoms with van der Waals surface area (Å²) in [6, 6.07) is 7.84. The number of pyridine rings is 1. The Morgan fingerprint density at radius 3 is 2.69 bits per heavy atom. The molecule has 0 aliphatic carbocycles. The molecule has 1 amide bonds. The number of benzene rings is 1. The average Bonchev–Trinajstić information content (AvgIpc) is 3.45. The van der Waals surface area contributed by atoms with Crippen LogP contribution < -0.4 is 16.1 Å². The molecule has 178 valence electrons. The Labute approximate surface area is 203 Å². The molecule has 0 aliphatic heterocycles. The Morgan fingerprint density at radius 1 is 1.14 bits per heavy atom. The third-order valence-corrected chi connectivity index (χ3v) is 6.96. The second kappa shape index (κ2) is 8.58. The van der Waals surface area contributed by atoms with Crippen LogP contribution in [0.5, 0.6) is 0 Å². The number of hydrogen-bond acceptors (Lipinski definition) is 7. The maximum atomic E-state index is 13.7. The van der Waals surface area contributed by atoms with Crippen molar-refractivity contribution in [1.82, 2.24) is 28.7 Å². The third-order valence-electron chi connectivity index (χ3n) is 5.94. The minimum absolute atomic E-state index is 0.141. The lowest BCUT2D eigenvalue weighted by atomic mass is 10.1. The van der Waals surface area contributed by atoms with Gasteiger partial charge >= 0.3 is 5.69 Å². The van der Waals surface area contributed by atoms with Crippen molar-refractivity contribution in [3.63, 3.8) is 0 Å². The third kappa shape index (κ3) is 3.93. The van der Waals surface area contributed by atoms with E-state index in [0.29, 0.717) is 5.13 Å². The van der Waals surface area contributed by atoms with Gasteiger partial charge in [0.2, 0.25) is 5.91 Å². The minimum atomic E-state index is -0.502. The van der Waals surface area contributed by atoms with Gasteiger partial charge in [0.1, 0.15) is 6.54 Å². The van der Waals surface area contributed by atoms with Crippen molar-refractivity contribution in [3.8, 4) is 0 Å². The van der Waals surface area contributed by atoms with Crippen LogP contribution in [0.2, 0.25) is 0 Å². The fraction of sp³-hybridized carbons (Fsp3) is 0.250. The van der Waals surface area contributed by atoms with Gasteiger partial charge in [-0.3, -0.25) is 28.6 Å². The lowest BCUT2D eigenvalue weighted by molar-refractivity contribution is -0.119. The lowest BCUT2D eigenvalue weighted by Crippen LogP contribution is -2.38. The highest BCUT2D eigenvalue weighted by Crippen LogP contribution is 2.32. The molecule has 0 N–H and O–H groups in total. The summed E-state index contributed by atoms with van der Waals surface area (Å²) in [6.45, 7) is 4.16. The van der Waals surface area contributed by atoms with E-state index >= 15 is 0 Å². The van der Waals surface area contributed by atoms with Crippen molar-refractivity contribution in [3.05, 3.63) is 80.5 Å². The maximum absolute atomic E-state index is 13.7. The van der Waals surface area contributed by atoms with Gasteiger partial charge in [0.25, 0.3) is 5.56 Å². The lowest BCUT2D eigenvalue weighted by Gasteiger charge is -2.20. The molecule has 10 nitrogen and oxygen atoms in total. The topological polar surface area (TPSA) is 108 Å². The van der Waals surface area contributed by atoms with E-state index in [1.54, 1.807) is 24.3 Å². The summed E-state index contributed by atoms with van der Waals surface area (Å²) in [5, 5.41) is 0.562. The van der Waals surface area contributed by atoms with E-state index in [2.05, 4.69) is 22.1 Å². The first-order valence-electron chi connectivity index (χ1n) is 10.9. The van der Waals surface area contributed by atoms with Gasteiger partial charge in [-0.05, 0) is 42.7 Å². The highest BCUT2D eigenvalue weighted by atomic mass is 32.1. The molecule has 35 heavy (non-hydrogen) atoms. The number of aryl methyl sites for hydroxylation is 3. The summed E-state index contributed by atoms with van der Waals surface area (Å²) >= 11 is 1.44. The Morgan fingerprint density at radius 2 is 1.94 bits per heavy atom. The van der Waals surface area contributed by atoms with Crippen molar-refractivity contribution in [2.24, 2.45) is 14.1 Å². The predicted molar refractivity (Wildman–Crippen MR) is 135 cm³/mol. The van der Waals surface area contributed by atoms with Gasteiger partial charge in [-0.25, -0.2) is 14.8 Å². The molecule has 0 bridgehead atoms. The van der Waals surface area contributed by atoms with E-state index in [0.717, 1.165) is 31.5 Å². The molecule has 5 rings (SSSR count). The number of carbonyl (C=O) groups excluding carboxylic acids is 1. The number of aromatic nitrogens is 6. The van der Waals surface area contributed by atoms with Crippen molar-refractivity contribution >= 4 is 43.8 Å². The Kier molecular flexibility index (Phi) is 5.56. The summed E-state index contributed by atoms with van der Waals surface area (Å²) in [7, 11) is 2.95. The average molecular weight is 490 g/mol. The van der Waals surface area contributed by atoms with E-state index < -0.39 is 11.2 Å². The number of imidazole rings is 1. The number of hydrogen-bond donors (Lipinski definition) is 0. The maximum Gasteiger partial charge on any atom is 0.332 e. The van der Waals surface area contributed by atoms with Crippen LogP contribution in [0.3, 0.4) is 0 Å². The molecular weight excluding hydrogens is 466 g/mol. The van der Waals surface area contributed by atoms with Gasteiger partial charge in [0.15, 0.2) is 16.3 Å². The van der Waals surface area contributed by atoms with Crippen molar-refractivity contribution in [2.75, 3.05) is 4.90 Å². The molecule has 11 heteroatoms. The van der Waals surface area contributed by atoms with Crippen LogP contribution in [0.25, 0.3) is 21.4 Å². The quantitative estimate of drug-likeness (QED) is 0.375. The van der Waals surface area contributed by atoms with Gasteiger partial charge in [0, 0.05) is 26.5 Å². The molecule has 5 aromatic rings. The fourth-order valence-electron chi connectivity index (χ4n) is 4.16. The molecule has 0 unspecified atom stereocenters. The standard InChI is InChI=1S/C24H23N7O3S/c1-14-8-15(2)19-17(9-14)35-23(27-19)31(11-16-6-5-7-25-10-16)18(32)12-30-13-26-21-20(30)22(33)29(4)24(34)28(21)3/h5-10,13H,11-12H2,1-4H3. The second-order valence-electron chi connectivity index (χ2n) is 8.52. The highest BCUT2D eigenvalue weighted by molar-refractivity contribution is 7.22. The van der Waals surface area contributed by atoms with Gasteiger partial charge in [-0.2, -0.15) is 0 Å². The van der Waals surface area contributed by atoms with E-state index in [9.17, 15) is 14.4 Å². The van der Waals surface area contributed by atoms with E-state index in [1.165, 1.54) is 33.8 Å². The van der Waals surface area contributed by atoms with Crippen LogP contribution in [-0.4, -0.2) is 34.6 Å². The van der Waals surface area contributed by atoms with Crippen molar-refractivity contribution in [2.45, 2.75) is 26.9 Å². The first-order valence-corrected chi connectivity index (χ1v) is 11.7. The predicted octanol–water partition coefficient (Wildman–Crippen LogP) is 2.29. The SMILES string of the molecule is Cc1cc(C)c2nc(N(Cc3cccnc3)C(=O)Cn3cnc4c3c(=O)n(C)c(=O)n4C)sc2c1. The summed E-state index contributed by atoms with van der Waals surface area (Å²) in [4.78, 5) is 53.6. The Hall–Kier alpha value is -4.12. The molecule has 0 radical (unpaired) electrons. The van der Waals surface area contributed by atoms with E-state index in [1.807, 2.05) is 26.0 Å². The van der Waals surface area contributed by atoms with Gasteiger partial charge in [-0.1, -0.05) is 23.5 Å². The first-order chi connectivity index (χ1) is 16.7. The molecule has 0 aliphatic rings. The van der Waals surface area contributed by atoms with Gasteiger partial charge in [-0.15, -0.1) is 0 Å². The Balaban J connectivity index is 1.59. The molecule has 4 heterocycles. The van der Waals surface area contributed by atoms with Gasteiger partial charge < -0.3 is 4.57 Å². The molecule has 0 atom stereocenters. The van der Waals surface area contributed by atoms with E-state index in [4.69, 9.17) is 4.98 Å². The summed E-state index contributed by atoms with van der Waals surface area (Å²) in [6.07, 6.45) is 4.80. The van der Waals surface area contributed by atoms with Crippen LogP contribution in [0.4, 0.5) is 5.13 Å². The largest absolute Gasteiger partial charge is 0.332 e. The summed E-state index contributed by atoms with van der Waals surface area (Å²) in [5.74, 6) is -0.266. The molecule has 0 fully saturated rings. The van der Waals surface area contributed by atoms with Crippen LogP contribution >= 0.6 is 11.3 Å². The number of rotatable bonds is 5. The number of amides is 1. The Bertz CT molecular complexity index is 1710. The number of carbonyl (C=O) groups is 1. The number of fused-ring (bicyclic) bond motifs is 2. The second-order valence-corrected chi connectivity index (χ2v) is 9.53. The van der Waals surface area contributed by atoms with Gasteiger partial charge in [0.05, 0.1) is 23.1 Å². The number of anilines is 1. The molecular formula is C24H23N7O3S. The molecule has 0 saturated heterocycles. The summed E-state index contributed by atoms with van der Waals surface area (Å²) in [5.41, 5.74) is 3.33. The highest BCUT2D eigenvalue weighted by Gasteiger charge is 2.23. The number of thiazole rings is 1. The molecule has 1 aromatic carbocycles. The monoisotopic (exact) mass is 489 g/mol. The normalized spacial score (nSPS) is 11.4. The van der Waals surface area contributed by atoms with Crippen LogP contribution in [0.1, 0.15) is 16.7 Å². The van der Waals surface area contributed by atoms with Crippen molar-refractivity contribution in [1.29, 1.82) is 0 Å². The molecule has 4 aromatic heterocycles. The van der Waals surface area contributed by atoms with Crippen LogP contribution in [0, 0.1) is 13.8 Å². The van der Waals surface area contributed by atoms with E-state index in [-0.39, 0.29) is 30.2 Å². The number of nitrogens with zero attached hydrogens (tertiary/aromatic N) is 7. The van der Waals surface area contributed by atoms with Crippen LogP contribution in [0.15, 0.2) is 52.6 Å². The zero-order chi connectivity index (χ0) is 24.9. The molecule has 0 saturated carbocycles. The zero-order valence-corrected chi connectivity index (χ0v) is 20.5. The van der Waals surface area contributed by atoms with Crippen LogP contribution in [-0.2, 0) is 32.0 Å². The first kappa shape index (κ1) is 22.7. The smallest absolute Gasteiger partial charge is 0.315 e. The minimum Gasteiger partial charge on any atom is -0.315 e. The fourth-order valence-corrected chi connectivity index (χ4v) is 5.32. The summed E-state index contributed by atoms with van der Waals surface area (Å²) < 4.78 is 4.79. The zero-order valence-electron chi connectivity index (χ0n) is 19.7.